The van der Waals surface area contributed by atoms with Gasteiger partial charge >= 0.3 is 0 Å². The third-order valence-electron chi connectivity index (χ3n) is 5.95. The molecule has 0 radical (unpaired) electrons. The number of nitrogens with zero attached hydrogens (tertiary/aromatic N) is 3. The maximum Gasteiger partial charge on any atom is 0.220 e. The summed E-state index contributed by atoms with van der Waals surface area (Å²) >= 11 is 6.04. The molecule has 1 aromatic carbocycles. The second kappa shape index (κ2) is 8.37. The van der Waals surface area contributed by atoms with E-state index in [4.69, 9.17) is 16.3 Å². The van der Waals surface area contributed by atoms with Crippen molar-refractivity contribution in [1.29, 1.82) is 0 Å². The van der Waals surface area contributed by atoms with E-state index in [1.807, 2.05) is 29.8 Å². The molecule has 152 valence electrons. The van der Waals surface area contributed by atoms with Crippen LogP contribution in [0.5, 0.6) is 0 Å². The number of benzene rings is 1. The number of amides is 1. The fraction of sp³-hybridized carbons (Fsp3) is 0.600. The van der Waals surface area contributed by atoms with Crippen LogP contribution in [0.4, 0.5) is 0 Å². The van der Waals surface area contributed by atoms with E-state index in [1.54, 1.807) is 0 Å². The lowest BCUT2D eigenvalue weighted by Gasteiger charge is -2.34. The highest BCUT2D eigenvalue weighted by molar-refractivity contribution is 6.31. The predicted molar refractivity (Wildman–Crippen MR) is 107 cm³/mol. The van der Waals surface area contributed by atoms with Gasteiger partial charge < -0.3 is 19.7 Å². The first-order valence-corrected chi connectivity index (χ1v) is 10.3. The van der Waals surface area contributed by atoms with E-state index in [-0.39, 0.29) is 18.0 Å². The molecule has 1 amide bonds. The number of hydrogen-bond acceptors (Lipinski definition) is 5. The van der Waals surface area contributed by atoms with Crippen molar-refractivity contribution in [3.8, 4) is 0 Å². The normalized spacial score (nSPS) is 26.0. The van der Waals surface area contributed by atoms with E-state index < -0.39 is 6.10 Å². The molecule has 0 bridgehead atoms. The lowest BCUT2D eigenvalue weighted by atomic mass is 10.1. The summed E-state index contributed by atoms with van der Waals surface area (Å²) in [5.74, 6) is 0.808. The minimum absolute atomic E-state index is 0.0447. The number of morpholine rings is 1. The number of aliphatic hydroxyl groups is 1. The molecule has 0 spiro atoms. The monoisotopic (exact) mass is 406 g/mol. The van der Waals surface area contributed by atoms with Crippen LogP contribution in [-0.2, 0) is 23.0 Å². The molecular formula is C20H27ClN4O3. The van der Waals surface area contributed by atoms with Gasteiger partial charge in [0, 0.05) is 44.0 Å². The SMILES string of the molecule is Cn1c(CCC(=O)N[C@@H]2CC[C@@H](N3CCOCC3)[C@@H]2O)nc2cc(Cl)ccc21. The zero-order valence-corrected chi connectivity index (χ0v) is 16.9. The van der Waals surface area contributed by atoms with Crippen molar-refractivity contribution in [3.63, 3.8) is 0 Å². The number of fused-ring (bicyclic) bond motifs is 1. The molecule has 1 aliphatic carbocycles. The van der Waals surface area contributed by atoms with Crippen LogP contribution in [0.3, 0.4) is 0 Å². The Bertz CT molecular complexity index is 849. The summed E-state index contributed by atoms with van der Waals surface area (Å²) in [7, 11) is 1.95. The lowest BCUT2D eigenvalue weighted by molar-refractivity contribution is -0.122. The van der Waals surface area contributed by atoms with Crippen molar-refractivity contribution >= 4 is 28.5 Å². The molecule has 2 aliphatic rings. The van der Waals surface area contributed by atoms with E-state index in [1.165, 1.54) is 0 Å². The molecule has 2 heterocycles. The van der Waals surface area contributed by atoms with Crippen molar-refractivity contribution in [3.05, 3.63) is 29.0 Å². The Morgan fingerprint density at radius 3 is 2.93 bits per heavy atom. The molecular weight excluding hydrogens is 380 g/mol. The van der Waals surface area contributed by atoms with E-state index in [0.29, 0.717) is 31.1 Å². The highest BCUT2D eigenvalue weighted by Crippen LogP contribution is 2.26. The van der Waals surface area contributed by atoms with Gasteiger partial charge in [0.25, 0.3) is 0 Å². The van der Waals surface area contributed by atoms with Crippen LogP contribution in [0, 0.1) is 0 Å². The number of aromatic nitrogens is 2. The van der Waals surface area contributed by atoms with Gasteiger partial charge in [0.05, 0.1) is 36.4 Å². The zero-order chi connectivity index (χ0) is 19.7. The van der Waals surface area contributed by atoms with Gasteiger partial charge in [-0.05, 0) is 31.0 Å². The number of rotatable bonds is 5. The summed E-state index contributed by atoms with van der Waals surface area (Å²) in [4.78, 5) is 19.3. The zero-order valence-electron chi connectivity index (χ0n) is 16.1. The quantitative estimate of drug-likeness (QED) is 0.786. The topological polar surface area (TPSA) is 79.6 Å². The van der Waals surface area contributed by atoms with Crippen LogP contribution in [-0.4, -0.2) is 70.0 Å². The molecule has 2 N–H and O–H groups in total. The molecule has 1 aromatic heterocycles. The maximum absolute atomic E-state index is 12.5. The average Bonchev–Trinajstić information content (AvgIpc) is 3.20. The minimum atomic E-state index is -0.528. The van der Waals surface area contributed by atoms with Crippen molar-refractivity contribution in [1.82, 2.24) is 19.8 Å². The van der Waals surface area contributed by atoms with Crippen molar-refractivity contribution in [2.75, 3.05) is 26.3 Å². The number of ether oxygens (including phenoxy) is 1. The van der Waals surface area contributed by atoms with Gasteiger partial charge in [0.15, 0.2) is 0 Å². The van der Waals surface area contributed by atoms with E-state index in [2.05, 4.69) is 15.2 Å². The fourth-order valence-electron chi connectivity index (χ4n) is 4.38. The predicted octanol–water partition coefficient (Wildman–Crippen LogP) is 1.50. The van der Waals surface area contributed by atoms with Crippen LogP contribution in [0.15, 0.2) is 18.2 Å². The Balaban J connectivity index is 1.32. The van der Waals surface area contributed by atoms with Crippen molar-refractivity contribution in [2.45, 2.75) is 43.9 Å². The maximum atomic E-state index is 12.5. The molecule has 1 saturated carbocycles. The van der Waals surface area contributed by atoms with Gasteiger partial charge in [-0.15, -0.1) is 0 Å². The van der Waals surface area contributed by atoms with E-state index in [9.17, 15) is 9.90 Å². The molecule has 1 saturated heterocycles. The van der Waals surface area contributed by atoms with Crippen LogP contribution in [0.2, 0.25) is 5.02 Å². The average molecular weight is 407 g/mol. The van der Waals surface area contributed by atoms with Crippen LogP contribution < -0.4 is 5.32 Å². The van der Waals surface area contributed by atoms with Crippen LogP contribution in [0.1, 0.15) is 25.1 Å². The summed E-state index contributed by atoms with van der Waals surface area (Å²) in [6, 6.07) is 5.54. The molecule has 28 heavy (non-hydrogen) atoms. The van der Waals surface area contributed by atoms with Gasteiger partial charge in [-0.2, -0.15) is 0 Å². The standard InChI is InChI=1S/C20H27ClN4O3/c1-24-16-4-2-13(21)12-15(16)22-18(24)6-7-19(26)23-14-3-5-17(20(14)27)25-8-10-28-11-9-25/h2,4,12,14,17,20,27H,3,5-11H2,1H3,(H,23,26)/t14-,17-,20-/m1/s1. The third-order valence-corrected chi connectivity index (χ3v) is 6.19. The Labute approximate surface area is 169 Å². The number of hydrogen-bond donors (Lipinski definition) is 2. The number of imidazole rings is 1. The summed E-state index contributed by atoms with van der Waals surface area (Å²) in [5, 5.41) is 14.4. The molecule has 2 aromatic rings. The number of carbonyl (C=O) groups excluding carboxylic acids is 1. The number of aliphatic hydroxyl groups excluding tert-OH is 1. The first-order valence-electron chi connectivity index (χ1n) is 9.93. The van der Waals surface area contributed by atoms with Crippen molar-refractivity contribution in [2.24, 2.45) is 7.05 Å². The summed E-state index contributed by atoms with van der Waals surface area (Å²) in [5.41, 5.74) is 1.84. The van der Waals surface area contributed by atoms with E-state index >= 15 is 0 Å². The van der Waals surface area contributed by atoms with Gasteiger partial charge in [-0.1, -0.05) is 11.6 Å². The lowest BCUT2D eigenvalue weighted by Crippen LogP contribution is -2.51. The van der Waals surface area contributed by atoms with Gasteiger partial charge in [0.2, 0.25) is 5.91 Å². The fourth-order valence-corrected chi connectivity index (χ4v) is 4.54. The smallest absolute Gasteiger partial charge is 0.220 e. The summed E-state index contributed by atoms with van der Waals surface area (Å²) < 4.78 is 7.39. The van der Waals surface area contributed by atoms with Crippen molar-refractivity contribution < 1.29 is 14.6 Å². The second-order valence-corrected chi connectivity index (χ2v) is 8.11. The molecule has 3 atom stereocenters. The highest BCUT2D eigenvalue weighted by atomic mass is 35.5. The van der Waals surface area contributed by atoms with E-state index in [0.717, 1.165) is 42.8 Å². The van der Waals surface area contributed by atoms with Gasteiger partial charge in [-0.3, -0.25) is 9.69 Å². The molecule has 8 heteroatoms. The van der Waals surface area contributed by atoms with Gasteiger partial charge in [-0.25, -0.2) is 4.98 Å². The molecule has 0 unspecified atom stereocenters. The molecule has 4 rings (SSSR count). The minimum Gasteiger partial charge on any atom is -0.389 e. The largest absolute Gasteiger partial charge is 0.389 e. The first-order chi connectivity index (χ1) is 13.5. The van der Waals surface area contributed by atoms with Crippen LogP contribution in [0.25, 0.3) is 11.0 Å². The Morgan fingerprint density at radius 1 is 1.36 bits per heavy atom. The highest BCUT2D eigenvalue weighted by Gasteiger charge is 2.39. The molecule has 7 nitrogen and oxygen atoms in total. The number of aryl methyl sites for hydroxylation is 2. The molecule has 2 fully saturated rings. The number of halogens is 1. The summed E-state index contributed by atoms with van der Waals surface area (Å²) in [6.07, 6.45) is 2.07. The first kappa shape index (κ1) is 19.6. The Hall–Kier alpha value is -1.67. The molecule has 1 aliphatic heterocycles. The Kier molecular flexibility index (Phi) is 5.87. The Morgan fingerprint density at radius 2 is 2.14 bits per heavy atom. The number of carbonyl (C=O) groups is 1. The van der Waals surface area contributed by atoms with Gasteiger partial charge in [0.1, 0.15) is 5.82 Å². The number of nitrogens with one attached hydrogen (secondary N) is 1. The van der Waals surface area contributed by atoms with Crippen LogP contribution >= 0.6 is 11.6 Å². The third kappa shape index (κ3) is 4.03. The summed E-state index contributed by atoms with van der Waals surface area (Å²) in [6.45, 7) is 3.12. The second-order valence-electron chi connectivity index (χ2n) is 7.68.